The molecule has 2 heterocycles. The molecule has 0 saturated heterocycles. The number of anilines is 2. The Morgan fingerprint density at radius 2 is 1.97 bits per heavy atom. The third kappa shape index (κ3) is 4.24. The van der Waals surface area contributed by atoms with Gasteiger partial charge >= 0.3 is 6.03 Å². The summed E-state index contributed by atoms with van der Waals surface area (Å²) >= 11 is 0. The number of carbonyl (C=O) groups excluding carboxylic acids is 1. The van der Waals surface area contributed by atoms with Gasteiger partial charge in [-0.05, 0) is 24.3 Å². The van der Waals surface area contributed by atoms with Crippen LogP contribution in [0.4, 0.5) is 16.2 Å². The van der Waals surface area contributed by atoms with E-state index in [1.165, 1.54) is 14.2 Å². The number of fused-ring (bicyclic) bond motifs is 1. The Hall–Kier alpha value is -3.88. The lowest BCUT2D eigenvalue weighted by Gasteiger charge is -2.26. The van der Waals surface area contributed by atoms with Gasteiger partial charge in [0, 0.05) is 6.20 Å². The lowest BCUT2D eigenvalue weighted by atomic mass is 10.2. The van der Waals surface area contributed by atoms with Crippen molar-refractivity contribution in [2.45, 2.75) is 12.6 Å². The van der Waals surface area contributed by atoms with Crippen LogP contribution in [0.3, 0.4) is 0 Å². The zero-order valence-electron chi connectivity index (χ0n) is 16.6. The minimum Gasteiger partial charge on any atom is -0.493 e. The van der Waals surface area contributed by atoms with Crippen LogP contribution in [0.25, 0.3) is 0 Å². The number of urea groups is 1. The lowest BCUT2D eigenvalue weighted by Crippen LogP contribution is -2.33. The van der Waals surface area contributed by atoms with E-state index in [2.05, 4.69) is 15.7 Å². The first kappa shape index (κ1) is 19.4. The molecule has 0 radical (unpaired) electrons. The highest BCUT2D eigenvalue weighted by molar-refractivity contribution is 6.00. The summed E-state index contributed by atoms with van der Waals surface area (Å²) in [5, 5.41) is 9.78. The summed E-state index contributed by atoms with van der Waals surface area (Å²) in [6, 6.07) is 12.4. The van der Waals surface area contributed by atoms with Crippen molar-refractivity contribution in [3.05, 3.63) is 54.9 Å². The second-order valence-corrected chi connectivity index (χ2v) is 6.57. The van der Waals surface area contributed by atoms with E-state index in [1.807, 2.05) is 24.3 Å². The summed E-state index contributed by atoms with van der Waals surface area (Å²) in [5.41, 5.74) is 1.04. The van der Waals surface area contributed by atoms with Crippen LogP contribution in [-0.2, 0) is 6.54 Å². The topological polar surface area (TPSA) is 95.9 Å². The van der Waals surface area contributed by atoms with E-state index in [9.17, 15) is 4.79 Å². The molecule has 9 heteroatoms. The summed E-state index contributed by atoms with van der Waals surface area (Å²) in [4.78, 5) is 12.4. The Morgan fingerprint density at radius 3 is 2.77 bits per heavy atom. The molecular weight excluding hydrogens is 388 g/mol. The van der Waals surface area contributed by atoms with Gasteiger partial charge in [-0.25, -0.2) is 4.79 Å². The third-order valence-corrected chi connectivity index (χ3v) is 4.50. The van der Waals surface area contributed by atoms with Crippen LogP contribution in [0.2, 0.25) is 0 Å². The van der Waals surface area contributed by atoms with Gasteiger partial charge in [-0.15, -0.1) is 0 Å². The Morgan fingerprint density at radius 1 is 1.13 bits per heavy atom. The van der Waals surface area contributed by atoms with E-state index in [0.717, 1.165) is 5.75 Å². The molecule has 0 bridgehead atoms. The molecule has 0 fully saturated rings. The van der Waals surface area contributed by atoms with Crippen LogP contribution < -0.4 is 29.6 Å². The Bertz CT molecular complexity index is 1040. The Labute approximate surface area is 173 Å². The monoisotopic (exact) mass is 410 g/mol. The molecule has 0 saturated carbocycles. The normalized spacial score (nSPS) is 14.7. The number of methoxy groups -OCH3 is 2. The predicted molar refractivity (Wildman–Crippen MR) is 111 cm³/mol. The molecule has 2 N–H and O–H groups in total. The maximum absolute atomic E-state index is 12.4. The van der Waals surface area contributed by atoms with E-state index in [-0.39, 0.29) is 6.10 Å². The van der Waals surface area contributed by atoms with E-state index in [0.29, 0.717) is 41.8 Å². The largest absolute Gasteiger partial charge is 0.493 e. The van der Waals surface area contributed by atoms with Gasteiger partial charge in [0.2, 0.25) is 0 Å². The molecule has 2 amide bonds. The second-order valence-electron chi connectivity index (χ2n) is 6.57. The summed E-state index contributed by atoms with van der Waals surface area (Å²) in [5.74, 6) is 2.42. The molecule has 2 aromatic carbocycles. The van der Waals surface area contributed by atoms with E-state index >= 15 is 0 Å². The van der Waals surface area contributed by atoms with Crippen molar-refractivity contribution in [2.24, 2.45) is 0 Å². The van der Waals surface area contributed by atoms with Crippen molar-refractivity contribution >= 4 is 17.4 Å². The van der Waals surface area contributed by atoms with E-state index in [1.54, 1.807) is 35.3 Å². The molecule has 1 aromatic heterocycles. The highest BCUT2D eigenvalue weighted by atomic mass is 16.6. The fraction of sp³-hybridized carbons (Fsp3) is 0.238. The maximum atomic E-state index is 12.4. The van der Waals surface area contributed by atoms with Gasteiger partial charge in [0.25, 0.3) is 0 Å². The SMILES string of the molecule is COc1cccc(NC(=O)Nc2cnn(CC3COc4ccccc4O3)c2)c1OC. The quantitative estimate of drug-likeness (QED) is 0.647. The lowest BCUT2D eigenvalue weighted by molar-refractivity contribution is 0.0759. The molecule has 30 heavy (non-hydrogen) atoms. The van der Waals surface area contributed by atoms with Gasteiger partial charge in [-0.2, -0.15) is 5.10 Å². The van der Waals surface area contributed by atoms with E-state index < -0.39 is 6.03 Å². The molecule has 1 atom stereocenters. The summed E-state index contributed by atoms with van der Waals surface area (Å²) in [7, 11) is 3.05. The molecule has 1 aliphatic rings. The average molecular weight is 410 g/mol. The summed E-state index contributed by atoms with van der Waals surface area (Å²) in [6.07, 6.45) is 3.12. The van der Waals surface area contributed by atoms with Gasteiger partial charge in [-0.3, -0.25) is 4.68 Å². The first-order valence-corrected chi connectivity index (χ1v) is 9.36. The Kier molecular flexibility index (Phi) is 5.60. The van der Waals surface area contributed by atoms with Gasteiger partial charge in [0.1, 0.15) is 6.61 Å². The molecule has 1 unspecified atom stereocenters. The van der Waals surface area contributed by atoms with Gasteiger partial charge in [-0.1, -0.05) is 18.2 Å². The molecular formula is C21H22N4O5. The average Bonchev–Trinajstić information content (AvgIpc) is 3.19. The van der Waals surface area contributed by atoms with Gasteiger partial charge in [0.05, 0.1) is 38.3 Å². The van der Waals surface area contributed by atoms with Crippen molar-refractivity contribution in [1.82, 2.24) is 9.78 Å². The number of carbonyl (C=O) groups is 1. The van der Waals surface area contributed by atoms with Crippen LogP contribution in [0.1, 0.15) is 0 Å². The fourth-order valence-corrected chi connectivity index (χ4v) is 3.16. The van der Waals surface area contributed by atoms with Crippen LogP contribution in [-0.4, -0.2) is 42.7 Å². The smallest absolute Gasteiger partial charge is 0.323 e. The molecule has 156 valence electrons. The number of para-hydroxylation sites is 3. The molecule has 9 nitrogen and oxygen atoms in total. The number of hydrogen-bond donors (Lipinski definition) is 2. The molecule has 4 rings (SSSR count). The minimum atomic E-state index is -0.424. The minimum absolute atomic E-state index is 0.178. The molecule has 0 aliphatic carbocycles. The first-order chi connectivity index (χ1) is 14.7. The van der Waals surface area contributed by atoms with Crippen LogP contribution in [0, 0.1) is 0 Å². The zero-order valence-corrected chi connectivity index (χ0v) is 16.6. The van der Waals surface area contributed by atoms with Crippen LogP contribution in [0.15, 0.2) is 54.9 Å². The van der Waals surface area contributed by atoms with Crippen LogP contribution >= 0.6 is 0 Å². The van der Waals surface area contributed by atoms with Crippen molar-refractivity contribution in [2.75, 3.05) is 31.5 Å². The molecule has 1 aliphatic heterocycles. The number of nitrogens with zero attached hydrogens (tertiary/aromatic N) is 2. The fourth-order valence-electron chi connectivity index (χ4n) is 3.16. The van der Waals surface area contributed by atoms with Crippen LogP contribution in [0.5, 0.6) is 23.0 Å². The number of benzene rings is 2. The molecule has 0 spiro atoms. The number of nitrogens with one attached hydrogen (secondary N) is 2. The number of ether oxygens (including phenoxy) is 4. The van der Waals surface area contributed by atoms with Crippen molar-refractivity contribution in [3.63, 3.8) is 0 Å². The van der Waals surface area contributed by atoms with Gasteiger partial charge < -0.3 is 29.6 Å². The third-order valence-electron chi connectivity index (χ3n) is 4.50. The number of aromatic nitrogens is 2. The van der Waals surface area contributed by atoms with Crippen molar-refractivity contribution in [1.29, 1.82) is 0 Å². The Balaban J connectivity index is 1.35. The highest BCUT2D eigenvalue weighted by Crippen LogP contribution is 2.34. The standard InChI is InChI=1S/C21H22N4O5/c1-27-19-9-5-6-16(20(19)28-2)24-21(26)23-14-10-22-25(11-14)12-15-13-29-17-7-3-4-8-18(17)30-15/h3-11,15H,12-13H2,1-2H3,(H2,23,24,26). The number of rotatable bonds is 6. The van der Waals surface area contributed by atoms with Crippen molar-refractivity contribution in [3.8, 4) is 23.0 Å². The van der Waals surface area contributed by atoms with Crippen molar-refractivity contribution < 1.29 is 23.7 Å². The molecule has 3 aromatic rings. The summed E-state index contributed by atoms with van der Waals surface area (Å²) < 4.78 is 23.9. The predicted octanol–water partition coefficient (Wildman–Crippen LogP) is 3.38. The number of amides is 2. The van der Waals surface area contributed by atoms with Gasteiger partial charge in [0.15, 0.2) is 29.1 Å². The summed E-state index contributed by atoms with van der Waals surface area (Å²) in [6.45, 7) is 0.914. The first-order valence-electron chi connectivity index (χ1n) is 9.36. The highest BCUT2D eigenvalue weighted by Gasteiger charge is 2.21. The maximum Gasteiger partial charge on any atom is 0.323 e. The second kappa shape index (κ2) is 8.64. The number of hydrogen-bond acceptors (Lipinski definition) is 6. The zero-order chi connectivity index (χ0) is 20.9. The van der Waals surface area contributed by atoms with E-state index in [4.69, 9.17) is 18.9 Å².